The average molecular weight is 230 g/mol. The Hall–Kier alpha value is -1.74. The molecule has 3 heteroatoms. The number of hydrogen-bond acceptors (Lipinski definition) is 1. The third kappa shape index (κ3) is 3.11. The van der Waals surface area contributed by atoms with Gasteiger partial charge in [0.15, 0.2) is 31.3 Å². The zero-order valence-corrected chi connectivity index (χ0v) is 10.1. The minimum atomic E-state index is 0.240. The highest BCUT2D eigenvalue weighted by Crippen LogP contribution is 2.15. The van der Waals surface area contributed by atoms with Crippen molar-refractivity contribution in [3.05, 3.63) is 49.1 Å². The summed E-state index contributed by atoms with van der Waals surface area (Å²) in [6.45, 7) is 1.10. The highest BCUT2D eigenvalue weighted by molar-refractivity contribution is 5.60. The van der Waals surface area contributed by atoms with E-state index >= 15 is 0 Å². The Balaban J connectivity index is 2.14. The van der Waals surface area contributed by atoms with Gasteiger partial charge in [-0.2, -0.15) is 0 Å². The molecule has 88 valence electrons. The second-order valence-electron chi connectivity index (χ2n) is 4.15. The fraction of sp³-hybridized carbons (Fsp3) is 0.286. The van der Waals surface area contributed by atoms with E-state index in [0.717, 1.165) is 13.0 Å². The molecule has 0 bridgehead atoms. The molecule has 0 saturated heterocycles. The summed E-state index contributed by atoms with van der Waals surface area (Å²) in [7, 11) is 2.01. The van der Waals surface area contributed by atoms with E-state index in [9.17, 15) is 0 Å². The van der Waals surface area contributed by atoms with Gasteiger partial charge < -0.3 is 5.11 Å². The van der Waals surface area contributed by atoms with Gasteiger partial charge in [0, 0.05) is 37.3 Å². The molecule has 2 heterocycles. The number of aliphatic hydroxyl groups excluding tert-OH is 1. The Bertz CT molecular complexity index is 463. The van der Waals surface area contributed by atoms with E-state index in [1.54, 1.807) is 0 Å². The van der Waals surface area contributed by atoms with Crippen LogP contribution in [-0.2, 0) is 13.6 Å². The third-order valence-electron chi connectivity index (χ3n) is 2.78. The normalized spacial score (nSPS) is 10.5. The van der Waals surface area contributed by atoms with Crippen LogP contribution in [0.1, 0.15) is 6.42 Å². The van der Waals surface area contributed by atoms with Gasteiger partial charge in [-0.15, -0.1) is 0 Å². The van der Waals surface area contributed by atoms with E-state index in [-0.39, 0.29) is 6.61 Å². The van der Waals surface area contributed by atoms with Crippen molar-refractivity contribution >= 4 is 0 Å². The predicted octanol–water partition coefficient (Wildman–Crippen LogP) is 0.848. The number of nitrogens with zero attached hydrogens (tertiary/aromatic N) is 2. The minimum absolute atomic E-state index is 0.240. The van der Waals surface area contributed by atoms with Gasteiger partial charge in [0.25, 0.3) is 0 Å². The van der Waals surface area contributed by atoms with Crippen LogP contribution in [0.25, 0.3) is 11.1 Å². The van der Waals surface area contributed by atoms with Crippen molar-refractivity contribution in [1.82, 2.24) is 0 Å². The Morgan fingerprint density at radius 2 is 1.47 bits per heavy atom. The van der Waals surface area contributed by atoms with Crippen LogP contribution in [-0.4, -0.2) is 11.7 Å². The molecule has 2 aromatic rings. The van der Waals surface area contributed by atoms with E-state index in [4.69, 9.17) is 5.11 Å². The predicted molar refractivity (Wildman–Crippen MR) is 65.0 cm³/mol. The summed E-state index contributed by atoms with van der Waals surface area (Å²) in [5.74, 6) is 0. The lowest BCUT2D eigenvalue weighted by molar-refractivity contribution is -0.697. The van der Waals surface area contributed by atoms with Crippen LogP contribution in [0.15, 0.2) is 49.1 Å². The number of hydrogen-bond donors (Lipinski definition) is 1. The standard InChI is InChI=1S/C14H18N2O/c1-15-8-3-13(4-9-15)14-5-10-16(11-6-14)7-2-12-17/h3-6,8-11,17H,2,7,12H2,1H3/q+2. The SMILES string of the molecule is C[n+]1ccc(-c2cc[n+](CCCO)cc2)cc1. The number of pyridine rings is 2. The number of aromatic nitrogens is 2. The zero-order chi connectivity index (χ0) is 12.1. The molecular weight excluding hydrogens is 212 g/mol. The van der Waals surface area contributed by atoms with Crippen molar-refractivity contribution in [1.29, 1.82) is 0 Å². The summed E-state index contributed by atoms with van der Waals surface area (Å²) >= 11 is 0. The summed E-state index contributed by atoms with van der Waals surface area (Å²) in [6, 6.07) is 8.42. The first kappa shape index (κ1) is 11.7. The van der Waals surface area contributed by atoms with Crippen LogP contribution < -0.4 is 9.13 Å². The molecular formula is C14H18N2O+2. The Kier molecular flexibility index (Phi) is 3.83. The number of rotatable bonds is 4. The molecule has 0 fully saturated rings. The lowest BCUT2D eigenvalue weighted by atomic mass is 10.1. The first-order chi connectivity index (χ1) is 8.29. The Morgan fingerprint density at radius 1 is 0.941 bits per heavy atom. The van der Waals surface area contributed by atoms with Crippen molar-refractivity contribution in [2.45, 2.75) is 13.0 Å². The van der Waals surface area contributed by atoms with Crippen LogP contribution >= 0.6 is 0 Å². The summed E-state index contributed by atoms with van der Waals surface area (Å²) in [5, 5.41) is 8.77. The van der Waals surface area contributed by atoms with E-state index in [2.05, 4.69) is 41.2 Å². The van der Waals surface area contributed by atoms with Crippen LogP contribution in [0.5, 0.6) is 0 Å². The Morgan fingerprint density at radius 3 is 2.00 bits per heavy atom. The molecule has 17 heavy (non-hydrogen) atoms. The summed E-state index contributed by atoms with van der Waals surface area (Å²) in [5.41, 5.74) is 2.43. The molecule has 0 aromatic carbocycles. The van der Waals surface area contributed by atoms with Crippen molar-refractivity contribution in [2.75, 3.05) is 6.61 Å². The molecule has 0 unspecified atom stereocenters. The molecule has 2 aromatic heterocycles. The van der Waals surface area contributed by atoms with E-state index in [0.29, 0.717) is 0 Å². The second-order valence-corrected chi connectivity index (χ2v) is 4.15. The first-order valence-electron chi connectivity index (χ1n) is 5.85. The van der Waals surface area contributed by atoms with Gasteiger partial charge >= 0.3 is 0 Å². The van der Waals surface area contributed by atoms with E-state index in [1.807, 2.05) is 24.0 Å². The van der Waals surface area contributed by atoms with Crippen LogP contribution in [0, 0.1) is 0 Å². The summed E-state index contributed by atoms with van der Waals surface area (Å²) in [4.78, 5) is 0. The molecule has 0 atom stereocenters. The van der Waals surface area contributed by atoms with Crippen LogP contribution in [0.2, 0.25) is 0 Å². The second kappa shape index (κ2) is 5.55. The number of aliphatic hydroxyl groups is 1. The highest BCUT2D eigenvalue weighted by Gasteiger charge is 2.03. The van der Waals surface area contributed by atoms with Gasteiger partial charge in [0.1, 0.15) is 7.05 Å². The van der Waals surface area contributed by atoms with Crippen molar-refractivity contribution in [3.63, 3.8) is 0 Å². The molecule has 0 amide bonds. The highest BCUT2D eigenvalue weighted by atomic mass is 16.3. The molecule has 1 N–H and O–H groups in total. The first-order valence-corrected chi connectivity index (χ1v) is 5.85. The van der Waals surface area contributed by atoms with Gasteiger partial charge in [-0.25, -0.2) is 9.13 Å². The van der Waals surface area contributed by atoms with Crippen molar-refractivity contribution < 1.29 is 14.2 Å². The fourth-order valence-corrected chi connectivity index (χ4v) is 1.75. The largest absolute Gasteiger partial charge is 0.396 e. The molecule has 0 saturated carbocycles. The Labute approximate surface area is 102 Å². The maximum atomic E-state index is 8.77. The topological polar surface area (TPSA) is 28.0 Å². The molecule has 0 aliphatic carbocycles. The van der Waals surface area contributed by atoms with Gasteiger partial charge in [0.2, 0.25) is 0 Å². The molecule has 2 rings (SSSR count). The van der Waals surface area contributed by atoms with Crippen molar-refractivity contribution in [3.8, 4) is 11.1 Å². The molecule has 0 radical (unpaired) electrons. The molecule has 0 spiro atoms. The van der Waals surface area contributed by atoms with Gasteiger partial charge in [-0.05, 0) is 11.1 Å². The molecule has 0 aliphatic heterocycles. The lowest BCUT2D eigenvalue weighted by Gasteiger charge is -1.99. The van der Waals surface area contributed by atoms with E-state index < -0.39 is 0 Å². The summed E-state index contributed by atoms with van der Waals surface area (Å²) in [6.07, 6.45) is 8.99. The third-order valence-corrected chi connectivity index (χ3v) is 2.78. The zero-order valence-electron chi connectivity index (χ0n) is 10.1. The van der Waals surface area contributed by atoms with Crippen LogP contribution in [0.3, 0.4) is 0 Å². The lowest BCUT2D eigenvalue weighted by Crippen LogP contribution is -2.32. The van der Waals surface area contributed by atoms with Gasteiger partial charge in [-0.1, -0.05) is 0 Å². The number of aryl methyl sites for hydroxylation is 2. The fourth-order valence-electron chi connectivity index (χ4n) is 1.75. The van der Waals surface area contributed by atoms with E-state index in [1.165, 1.54) is 11.1 Å². The van der Waals surface area contributed by atoms with Crippen molar-refractivity contribution in [2.24, 2.45) is 7.05 Å². The van der Waals surface area contributed by atoms with Gasteiger partial charge in [-0.3, -0.25) is 0 Å². The van der Waals surface area contributed by atoms with Crippen LogP contribution in [0.4, 0.5) is 0 Å². The summed E-state index contributed by atoms with van der Waals surface area (Å²) < 4.78 is 4.11. The molecule has 0 aliphatic rings. The monoisotopic (exact) mass is 230 g/mol. The molecule has 3 nitrogen and oxygen atoms in total. The van der Waals surface area contributed by atoms with Gasteiger partial charge in [0.05, 0.1) is 0 Å². The maximum Gasteiger partial charge on any atom is 0.169 e. The maximum absolute atomic E-state index is 8.77. The smallest absolute Gasteiger partial charge is 0.169 e. The minimum Gasteiger partial charge on any atom is -0.396 e. The quantitative estimate of drug-likeness (QED) is 0.775. The average Bonchev–Trinajstić information content (AvgIpc) is 2.38.